The van der Waals surface area contributed by atoms with Crippen LogP contribution in [-0.2, 0) is 0 Å². The highest BCUT2D eigenvalue weighted by Crippen LogP contribution is 2.36. The van der Waals surface area contributed by atoms with Gasteiger partial charge >= 0.3 is 0 Å². The Morgan fingerprint density at radius 3 is 2.74 bits per heavy atom. The Balaban J connectivity index is 1.54. The van der Waals surface area contributed by atoms with Crippen LogP contribution in [-0.4, -0.2) is 18.9 Å². The van der Waals surface area contributed by atoms with Gasteiger partial charge in [0.1, 0.15) is 0 Å². The van der Waals surface area contributed by atoms with Gasteiger partial charge in [0, 0.05) is 27.5 Å². The van der Waals surface area contributed by atoms with Crippen LogP contribution in [0.3, 0.4) is 0 Å². The predicted molar refractivity (Wildman–Crippen MR) is 107 cm³/mol. The van der Waals surface area contributed by atoms with Crippen molar-refractivity contribution in [3.63, 3.8) is 0 Å². The van der Waals surface area contributed by atoms with Gasteiger partial charge in [-0.15, -0.1) is 11.3 Å². The number of nitrogens with one attached hydrogen (secondary N) is 1. The molecule has 136 valence electrons. The second-order valence-corrected chi connectivity index (χ2v) is 7.36. The maximum Gasteiger partial charge on any atom is 0.272 e. The molecule has 0 radical (unpaired) electrons. The highest BCUT2D eigenvalue weighted by atomic mass is 35.5. The summed E-state index contributed by atoms with van der Waals surface area (Å²) >= 11 is 7.75. The van der Waals surface area contributed by atoms with E-state index >= 15 is 0 Å². The smallest absolute Gasteiger partial charge is 0.272 e. The number of nitrogens with zero attached hydrogens (tertiary/aromatic N) is 1. The zero-order valence-corrected chi connectivity index (χ0v) is 15.9. The fraction of sp³-hybridized carbons (Fsp3) is 0.100. The summed E-state index contributed by atoms with van der Waals surface area (Å²) in [5.41, 5.74) is 5.73. The third-order valence-electron chi connectivity index (χ3n) is 4.14. The first-order valence-electron chi connectivity index (χ1n) is 8.19. The molecule has 0 aliphatic carbocycles. The highest BCUT2D eigenvalue weighted by Gasteiger charge is 2.18. The van der Waals surface area contributed by atoms with Crippen LogP contribution >= 0.6 is 22.9 Å². The van der Waals surface area contributed by atoms with Gasteiger partial charge in [-0.25, -0.2) is 5.43 Å². The van der Waals surface area contributed by atoms with Crippen LogP contribution in [0.5, 0.6) is 11.5 Å². The Hall–Kier alpha value is -2.83. The highest BCUT2D eigenvalue weighted by molar-refractivity contribution is 7.10. The van der Waals surface area contributed by atoms with E-state index < -0.39 is 0 Å². The van der Waals surface area contributed by atoms with Gasteiger partial charge in [-0.2, -0.15) is 5.10 Å². The Morgan fingerprint density at radius 2 is 1.96 bits per heavy atom. The number of carbonyl (C=O) groups is 1. The number of rotatable bonds is 4. The van der Waals surface area contributed by atoms with Gasteiger partial charge in [0.2, 0.25) is 6.79 Å². The fourth-order valence-corrected chi connectivity index (χ4v) is 3.91. The molecular weight excluding hydrogens is 384 g/mol. The van der Waals surface area contributed by atoms with Crippen molar-refractivity contribution in [3.8, 4) is 22.6 Å². The van der Waals surface area contributed by atoms with Crippen LogP contribution in [0.4, 0.5) is 0 Å². The molecule has 0 saturated carbocycles. The van der Waals surface area contributed by atoms with E-state index in [1.807, 2.05) is 42.6 Å². The molecule has 1 amide bonds. The van der Waals surface area contributed by atoms with E-state index in [0.717, 1.165) is 16.0 Å². The number of halogens is 1. The number of carbonyl (C=O) groups excluding carboxylic acids is 1. The Kier molecular flexibility index (Phi) is 4.83. The lowest BCUT2D eigenvalue weighted by Gasteiger charge is -2.05. The second-order valence-electron chi connectivity index (χ2n) is 5.87. The summed E-state index contributed by atoms with van der Waals surface area (Å²) in [5.74, 6) is 0.931. The molecule has 1 N–H and O–H groups in total. The Bertz CT molecular complexity index is 1030. The molecule has 27 heavy (non-hydrogen) atoms. The molecule has 1 aliphatic heterocycles. The average molecular weight is 399 g/mol. The zero-order valence-electron chi connectivity index (χ0n) is 14.4. The monoisotopic (exact) mass is 398 g/mol. The lowest BCUT2D eigenvalue weighted by atomic mass is 10.0. The molecule has 3 aromatic rings. The summed E-state index contributed by atoms with van der Waals surface area (Å²) in [4.78, 5) is 13.7. The van der Waals surface area contributed by atoms with Crippen LogP contribution in [0.2, 0.25) is 5.02 Å². The number of hydrazone groups is 1. The number of fused-ring (bicyclic) bond motifs is 1. The predicted octanol–water partition coefficient (Wildman–Crippen LogP) is 4.87. The number of hydrogen-bond donors (Lipinski definition) is 1. The molecule has 7 heteroatoms. The third kappa shape index (κ3) is 3.54. The minimum atomic E-state index is -0.272. The largest absolute Gasteiger partial charge is 0.454 e. The molecule has 0 fully saturated rings. The van der Waals surface area contributed by atoms with Crippen molar-refractivity contribution in [2.45, 2.75) is 6.92 Å². The molecule has 1 aromatic heterocycles. The van der Waals surface area contributed by atoms with Crippen molar-refractivity contribution in [3.05, 3.63) is 68.9 Å². The van der Waals surface area contributed by atoms with Gasteiger partial charge in [-0.1, -0.05) is 41.9 Å². The lowest BCUT2D eigenvalue weighted by Crippen LogP contribution is -2.17. The lowest BCUT2D eigenvalue weighted by molar-refractivity contribution is 0.0956. The molecule has 0 spiro atoms. The van der Waals surface area contributed by atoms with Crippen molar-refractivity contribution in [1.82, 2.24) is 5.43 Å². The van der Waals surface area contributed by atoms with Crippen LogP contribution in [0.1, 0.15) is 20.8 Å². The standard InChI is InChI=1S/C20H15ClN2O3S/c1-12-19(13-5-3-2-4-6-13)15(10-27-12)20(24)23-22-9-14-7-17-18(8-16(14)21)26-11-25-17/h2-10H,11H2,1H3,(H,23,24)/b22-9+. The molecule has 2 aromatic carbocycles. The first-order chi connectivity index (χ1) is 13.1. The first-order valence-corrected chi connectivity index (χ1v) is 9.45. The number of ether oxygens (including phenoxy) is 2. The van der Waals surface area contributed by atoms with E-state index in [1.54, 1.807) is 12.1 Å². The average Bonchev–Trinajstić information content (AvgIpc) is 3.28. The van der Waals surface area contributed by atoms with Crippen LogP contribution < -0.4 is 14.9 Å². The maximum atomic E-state index is 12.6. The number of benzene rings is 2. The summed E-state index contributed by atoms with van der Waals surface area (Å²) in [6.45, 7) is 2.17. The SMILES string of the molecule is Cc1scc(C(=O)N/N=C/c2cc3c(cc2Cl)OCO3)c1-c1ccccc1. The van der Waals surface area contributed by atoms with E-state index in [2.05, 4.69) is 10.5 Å². The van der Waals surface area contributed by atoms with Gasteiger partial charge in [-0.05, 0) is 18.6 Å². The van der Waals surface area contributed by atoms with Crippen molar-refractivity contribution in [2.75, 3.05) is 6.79 Å². The van der Waals surface area contributed by atoms with E-state index in [0.29, 0.717) is 27.6 Å². The van der Waals surface area contributed by atoms with Crippen LogP contribution in [0.15, 0.2) is 52.9 Å². The van der Waals surface area contributed by atoms with Gasteiger partial charge in [-0.3, -0.25) is 4.79 Å². The van der Waals surface area contributed by atoms with Gasteiger partial charge in [0.25, 0.3) is 5.91 Å². The number of aryl methyl sites for hydroxylation is 1. The summed E-state index contributed by atoms with van der Waals surface area (Å²) in [6, 6.07) is 13.2. The Labute approximate surface area is 165 Å². The van der Waals surface area contributed by atoms with E-state index in [9.17, 15) is 4.79 Å². The van der Waals surface area contributed by atoms with Crippen LogP contribution in [0.25, 0.3) is 11.1 Å². The molecule has 1 aliphatic rings. The van der Waals surface area contributed by atoms with E-state index in [1.165, 1.54) is 17.6 Å². The molecular formula is C20H15ClN2O3S. The number of amides is 1. The Morgan fingerprint density at radius 1 is 1.22 bits per heavy atom. The summed E-state index contributed by atoms with van der Waals surface area (Å²) in [6.07, 6.45) is 1.49. The molecule has 0 bridgehead atoms. The summed E-state index contributed by atoms with van der Waals surface area (Å²) in [7, 11) is 0. The normalized spacial score (nSPS) is 12.5. The second kappa shape index (κ2) is 7.42. The molecule has 0 saturated heterocycles. The number of thiophene rings is 1. The molecule has 0 unspecified atom stereocenters. The zero-order chi connectivity index (χ0) is 18.8. The molecule has 5 nitrogen and oxygen atoms in total. The van der Waals surface area contributed by atoms with Crippen LogP contribution in [0, 0.1) is 6.92 Å². The topological polar surface area (TPSA) is 59.9 Å². The maximum absolute atomic E-state index is 12.6. The van der Waals surface area contributed by atoms with E-state index in [-0.39, 0.29) is 12.7 Å². The van der Waals surface area contributed by atoms with Gasteiger partial charge in [0.15, 0.2) is 11.5 Å². The number of hydrogen-bond acceptors (Lipinski definition) is 5. The van der Waals surface area contributed by atoms with Crippen molar-refractivity contribution < 1.29 is 14.3 Å². The summed E-state index contributed by atoms with van der Waals surface area (Å²) in [5, 5.41) is 6.36. The van der Waals surface area contributed by atoms with Gasteiger partial charge < -0.3 is 9.47 Å². The molecule has 0 atom stereocenters. The minimum absolute atomic E-state index is 0.169. The molecule has 2 heterocycles. The first kappa shape index (κ1) is 17.6. The van der Waals surface area contributed by atoms with Crippen molar-refractivity contribution in [2.24, 2.45) is 5.10 Å². The van der Waals surface area contributed by atoms with Crippen molar-refractivity contribution >= 4 is 35.1 Å². The van der Waals surface area contributed by atoms with Gasteiger partial charge in [0.05, 0.1) is 16.8 Å². The van der Waals surface area contributed by atoms with E-state index in [4.69, 9.17) is 21.1 Å². The molecule has 4 rings (SSSR count). The van der Waals surface area contributed by atoms with Crippen molar-refractivity contribution in [1.29, 1.82) is 0 Å². The quantitative estimate of drug-likeness (QED) is 0.503. The fourth-order valence-electron chi connectivity index (χ4n) is 2.84. The third-order valence-corrected chi connectivity index (χ3v) is 5.38. The summed E-state index contributed by atoms with van der Waals surface area (Å²) < 4.78 is 10.6. The minimum Gasteiger partial charge on any atom is -0.454 e.